The van der Waals surface area contributed by atoms with Gasteiger partial charge in [0.05, 0.1) is 24.3 Å². The maximum atomic E-state index is 12.6. The first-order chi connectivity index (χ1) is 11.4. The minimum absolute atomic E-state index is 0.169. The van der Waals surface area contributed by atoms with Crippen molar-refractivity contribution >= 4 is 11.9 Å². The predicted molar refractivity (Wildman–Crippen MR) is 93.6 cm³/mol. The smallest absolute Gasteiger partial charge is 0.307 e. The third-order valence-electron chi connectivity index (χ3n) is 3.83. The fourth-order valence-corrected chi connectivity index (χ4v) is 2.68. The van der Waals surface area contributed by atoms with Crippen LogP contribution in [0.5, 0.6) is 0 Å². The van der Waals surface area contributed by atoms with Crippen LogP contribution in [0.3, 0.4) is 0 Å². The summed E-state index contributed by atoms with van der Waals surface area (Å²) in [6.07, 6.45) is 0.169. The van der Waals surface area contributed by atoms with Crippen LogP contribution in [0.25, 0.3) is 5.69 Å². The molecule has 0 saturated carbocycles. The van der Waals surface area contributed by atoms with Crippen molar-refractivity contribution in [2.75, 3.05) is 13.2 Å². The maximum absolute atomic E-state index is 12.6. The number of aryl methyl sites for hydroxylation is 3. The minimum atomic E-state index is -0.306. The van der Waals surface area contributed by atoms with E-state index in [9.17, 15) is 9.59 Å². The van der Waals surface area contributed by atoms with Crippen LogP contribution in [0.1, 0.15) is 40.7 Å². The highest BCUT2D eigenvalue weighted by molar-refractivity contribution is 5.98. The Labute approximate surface area is 142 Å². The fourth-order valence-electron chi connectivity index (χ4n) is 2.68. The number of esters is 1. The Kier molecular flexibility index (Phi) is 5.79. The maximum Gasteiger partial charge on any atom is 0.307 e. The van der Waals surface area contributed by atoms with Gasteiger partial charge in [0.25, 0.3) is 5.91 Å². The second-order valence-electron chi connectivity index (χ2n) is 5.78. The van der Waals surface area contributed by atoms with Crippen molar-refractivity contribution in [3.05, 3.63) is 52.8 Å². The molecule has 5 heteroatoms. The second kappa shape index (κ2) is 7.81. The summed E-state index contributed by atoms with van der Waals surface area (Å²) in [6, 6.07) is 9.86. The molecule has 0 aliphatic carbocycles. The van der Waals surface area contributed by atoms with E-state index < -0.39 is 0 Å². The molecule has 0 aliphatic rings. The SMILES string of the molecule is CCOC(=O)CCNC(=O)c1cc(C)ccc1-n1c(C)ccc1C. The van der Waals surface area contributed by atoms with E-state index in [1.165, 1.54) is 0 Å². The molecule has 0 radical (unpaired) electrons. The normalized spacial score (nSPS) is 10.5. The summed E-state index contributed by atoms with van der Waals surface area (Å²) in [7, 11) is 0. The number of carbonyl (C=O) groups is 2. The van der Waals surface area contributed by atoms with Crippen LogP contribution >= 0.6 is 0 Å². The summed E-state index contributed by atoms with van der Waals surface area (Å²) in [6.45, 7) is 8.34. The van der Waals surface area contributed by atoms with Crippen molar-refractivity contribution < 1.29 is 14.3 Å². The molecule has 24 heavy (non-hydrogen) atoms. The van der Waals surface area contributed by atoms with Crippen LogP contribution in [0.4, 0.5) is 0 Å². The first kappa shape index (κ1) is 17.8. The zero-order chi connectivity index (χ0) is 17.7. The quantitative estimate of drug-likeness (QED) is 0.829. The zero-order valence-electron chi connectivity index (χ0n) is 14.7. The van der Waals surface area contributed by atoms with Gasteiger partial charge < -0.3 is 14.6 Å². The van der Waals surface area contributed by atoms with Crippen molar-refractivity contribution in [3.8, 4) is 5.69 Å². The van der Waals surface area contributed by atoms with E-state index in [0.29, 0.717) is 12.2 Å². The molecule has 1 amide bonds. The molecule has 2 aromatic rings. The minimum Gasteiger partial charge on any atom is -0.466 e. The third kappa shape index (κ3) is 4.04. The molecule has 0 atom stereocenters. The van der Waals surface area contributed by atoms with Crippen molar-refractivity contribution in [2.24, 2.45) is 0 Å². The van der Waals surface area contributed by atoms with Gasteiger partial charge in [0, 0.05) is 17.9 Å². The lowest BCUT2D eigenvalue weighted by Crippen LogP contribution is -2.27. The third-order valence-corrected chi connectivity index (χ3v) is 3.83. The Morgan fingerprint density at radius 2 is 1.75 bits per heavy atom. The largest absolute Gasteiger partial charge is 0.466 e. The summed E-state index contributed by atoms with van der Waals surface area (Å²) in [5.41, 5.74) is 4.58. The number of nitrogens with zero attached hydrogens (tertiary/aromatic N) is 1. The topological polar surface area (TPSA) is 60.3 Å². The van der Waals surface area contributed by atoms with Gasteiger partial charge in [0.1, 0.15) is 0 Å². The van der Waals surface area contributed by atoms with Crippen molar-refractivity contribution in [1.82, 2.24) is 9.88 Å². The molecule has 1 aromatic carbocycles. The molecule has 1 aromatic heterocycles. The second-order valence-corrected chi connectivity index (χ2v) is 5.78. The van der Waals surface area contributed by atoms with E-state index in [4.69, 9.17) is 4.74 Å². The highest BCUT2D eigenvalue weighted by Crippen LogP contribution is 2.21. The van der Waals surface area contributed by atoms with Gasteiger partial charge in [-0.1, -0.05) is 11.6 Å². The molecule has 0 spiro atoms. The number of aromatic nitrogens is 1. The molecular weight excluding hydrogens is 304 g/mol. The molecule has 0 aliphatic heterocycles. The number of carbonyl (C=O) groups excluding carboxylic acids is 2. The molecular formula is C19H24N2O3. The van der Waals surface area contributed by atoms with Gasteiger partial charge in [0.15, 0.2) is 0 Å². The summed E-state index contributed by atoms with van der Waals surface area (Å²) in [5.74, 6) is -0.495. The van der Waals surface area contributed by atoms with E-state index in [0.717, 1.165) is 22.6 Å². The highest BCUT2D eigenvalue weighted by atomic mass is 16.5. The van der Waals surface area contributed by atoms with Crippen LogP contribution in [0.2, 0.25) is 0 Å². The van der Waals surface area contributed by atoms with E-state index in [-0.39, 0.29) is 24.8 Å². The van der Waals surface area contributed by atoms with Crippen LogP contribution in [0.15, 0.2) is 30.3 Å². The van der Waals surface area contributed by atoms with Crippen LogP contribution in [-0.4, -0.2) is 29.6 Å². The van der Waals surface area contributed by atoms with Crippen LogP contribution in [-0.2, 0) is 9.53 Å². The molecule has 0 bridgehead atoms. The summed E-state index contributed by atoms with van der Waals surface area (Å²) in [5, 5.41) is 2.80. The number of nitrogens with one attached hydrogen (secondary N) is 1. The van der Waals surface area contributed by atoms with Gasteiger partial charge in [-0.3, -0.25) is 9.59 Å². The molecule has 0 unspecified atom stereocenters. The molecule has 128 valence electrons. The highest BCUT2D eigenvalue weighted by Gasteiger charge is 2.15. The Hall–Kier alpha value is -2.56. The molecule has 0 saturated heterocycles. The van der Waals surface area contributed by atoms with E-state index in [2.05, 4.69) is 9.88 Å². The van der Waals surface area contributed by atoms with Gasteiger partial charge in [-0.2, -0.15) is 0 Å². The number of benzene rings is 1. The summed E-state index contributed by atoms with van der Waals surface area (Å²) < 4.78 is 6.92. The lowest BCUT2D eigenvalue weighted by molar-refractivity contribution is -0.142. The molecule has 5 nitrogen and oxygen atoms in total. The van der Waals surface area contributed by atoms with Gasteiger partial charge in [-0.15, -0.1) is 0 Å². The molecule has 2 rings (SSSR count). The number of amides is 1. The Balaban J connectivity index is 2.22. The van der Waals surface area contributed by atoms with Gasteiger partial charge in [0.2, 0.25) is 0 Å². The van der Waals surface area contributed by atoms with Crippen molar-refractivity contribution in [1.29, 1.82) is 0 Å². The number of hydrogen-bond donors (Lipinski definition) is 1. The number of hydrogen-bond acceptors (Lipinski definition) is 3. The van der Waals surface area contributed by atoms with Crippen LogP contribution in [0, 0.1) is 20.8 Å². The monoisotopic (exact) mass is 328 g/mol. The Bertz CT molecular complexity index is 728. The standard InChI is InChI=1S/C19H24N2O3/c1-5-24-18(22)10-11-20-19(23)16-12-13(2)6-9-17(16)21-14(3)7-8-15(21)4/h6-9,12H,5,10-11H2,1-4H3,(H,20,23). The first-order valence-corrected chi connectivity index (χ1v) is 8.13. The predicted octanol–water partition coefficient (Wildman–Crippen LogP) is 3.09. The summed E-state index contributed by atoms with van der Waals surface area (Å²) >= 11 is 0. The first-order valence-electron chi connectivity index (χ1n) is 8.13. The van der Waals surface area contributed by atoms with E-state index >= 15 is 0 Å². The van der Waals surface area contributed by atoms with Gasteiger partial charge in [-0.05, 0) is 52.0 Å². The average molecular weight is 328 g/mol. The average Bonchev–Trinajstić information content (AvgIpc) is 2.86. The lowest BCUT2D eigenvalue weighted by atomic mass is 10.1. The Morgan fingerprint density at radius 3 is 2.38 bits per heavy atom. The summed E-state index contributed by atoms with van der Waals surface area (Å²) in [4.78, 5) is 24.0. The van der Waals surface area contributed by atoms with Gasteiger partial charge >= 0.3 is 5.97 Å². The number of rotatable bonds is 6. The van der Waals surface area contributed by atoms with Gasteiger partial charge in [-0.25, -0.2) is 0 Å². The number of ether oxygens (including phenoxy) is 1. The Morgan fingerprint density at radius 1 is 1.08 bits per heavy atom. The fraction of sp³-hybridized carbons (Fsp3) is 0.368. The molecule has 1 N–H and O–H groups in total. The van der Waals surface area contributed by atoms with Crippen LogP contribution < -0.4 is 5.32 Å². The molecule has 1 heterocycles. The van der Waals surface area contributed by atoms with E-state index in [1.807, 2.05) is 51.1 Å². The zero-order valence-corrected chi connectivity index (χ0v) is 14.7. The molecule has 0 fully saturated rings. The van der Waals surface area contributed by atoms with E-state index in [1.54, 1.807) is 6.92 Å². The van der Waals surface area contributed by atoms with Crippen molar-refractivity contribution in [3.63, 3.8) is 0 Å². The van der Waals surface area contributed by atoms with Crippen molar-refractivity contribution in [2.45, 2.75) is 34.1 Å². The lowest BCUT2D eigenvalue weighted by Gasteiger charge is -2.15.